The number of nitrogens with zero attached hydrogens (tertiary/aromatic N) is 2. The van der Waals surface area contributed by atoms with Crippen molar-refractivity contribution in [2.45, 2.75) is 17.2 Å². The fraction of sp³-hybridized carbons (Fsp3) is 0.0952. The van der Waals surface area contributed by atoms with E-state index in [1.807, 2.05) is 25.1 Å². The third-order valence-electron chi connectivity index (χ3n) is 4.12. The van der Waals surface area contributed by atoms with Gasteiger partial charge in [0.1, 0.15) is 22.0 Å². The van der Waals surface area contributed by atoms with E-state index in [2.05, 4.69) is 33.5 Å². The number of fused-ring (bicyclic) bond motifs is 1. The van der Waals surface area contributed by atoms with Crippen LogP contribution in [0.4, 0.5) is 10.1 Å². The van der Waals surface area contributed by atoms with Gasteiger partial charge in [0.2, 0.25) is 5.91 Å². The first kappa shape index (κ1) is 18.6. The van der Waals surface area contributed by atoms with E-state index in [1.54, 1.807) is 23.5 Å². The van der Waals surface area contributed by atoms with Crippen LogP contribution in [-0.2, 0) is 4.79 Å². The Morgan fingerprint density at radius 1 is 1.11 bits per heavy atom. The van der Waals surface area contributed by atoms with Crippen molar-refractivity contribution in [2.24, 2.45) is 0 Å². The van der Waals surface area contributed by atoms with Gasteiger partial charge in [-0.05, 0) is 42.8 Å². The summed E-state index contributed by atoms with van der Waals surface area (Å²) >= 11 is 2.99. The van der Waals surface area contributed by atoms with Crippen molar-refractivity contribution in [1.29, 1.82) is 0 Å². The summed E-state index contributed by atoms with van der Waals surface area (Å²) in [6, 6.07) is 17.9. The lowest BCUT2D eigenvalue weighted by molar-refractivity contribution is -0.115. The molecule has 2 aromatic carbocycles. The summed E-state index contributed by atoms with van der Waals surface area (Å²) in [5.41, 5.74) is 1.69. The number of hydrogen-bond donors (Lipinski definition) is 1. The number of amides is 1. The first-order valence-electron chi connectivity index (χ1n) is 8.63. The lowest BCUT2D eigenvalue weighted by Gasteiger charge is -2.12. The molecule has 1 atom stereocenters. The highest BCUT2D eigenvalue weighted by Crippen LogP contribution is 2.37. The summed E-state index contributed by atoms with van der Waals surface area (Å²) in [6.45, 7) is 1.82. The summed E-state index contributed by atoms with van der Waals surface area (Å²) < 4.78 is 13.0. The molecule has 1 amide bonds. The highest BCUT2D eigenvalue weighted by atomic mass is 32.2. The van der Waals surface area contributed by atoms with Crippen LogP contribution in [-0.4, -0.2) is 21.1 Å². The Morgan fingerprint density at radius 2 is 1.86 bits per heavy atom. The zero-order valence-electron chi connectivity index (χ0n) is 14.9. The SMILES string of the molecule is CC(Sc1ncnc2sc(-c3ccccc3)cc12)C(=O)Nc1ccc(F)cc1. The van der Waals surface area contributed by atoms with E-state index in [-0.39, 0.29) is 17.0 Å². The summed E-state index contributed by atoms with van der Waals surface area (Å²) in [6.07, 6.45) is 1.53. The minimum atomic E-state index is -0.372. The van der Waals surface area contributed by atoms with Crippen LogP contribution in [0.5, 0.6) is 0 Å². The van der Waals surface area contributed by atoms with Gasteiger partial charge < -0.3 is 5.32 Å². The predicted molar refractivity (Wildman–Crippen MR) is 113 cm³/mol. The van der Waals surface area contributed by atoms with Gasteiger partial charge in [-0.2, -0.15) is 0 Å². The topological polar surface area (TPSA) is 54.9 Å². The summed E-state index contributed by atoms with van der Waals surface area (Å²) in [7, 11) is 0. The van der Waals surface area contributed by atoms with E-state index in [4.69, 9.17) is 0 Å². The zero-order chi connectivity index (χ0) is 19.5. The van der Waals surface area contributed by atoms with E-state index in [1.165, 1.54) is 30.2 Å². The maximum absolute atomic E-state index is 13.0. The van der Waals surface area contributed by atoms with Gasteiger partial charge >= 0.3 is 0 Å². The van der Waals surface area contributed by atoms with Gasteiger partial charge in [-0.15, -0.1) is 11.3 Å². The molecule has 0 fully saturated rings. The molecule has 4 rings (SSSR count). The highest BCUT2D eigenvalue weighted by molar-refractivity contribution is 8.00. The molecule has 0 saturated heterocycles. The van der Waals surface area contributed by atoms with E-state index < -0.39 is 0 Å². The van der Waals surface area contributed by atoms with Gasteiger partial charge in [0.25, 0.3) is 0 Å². The maximum atomic E-state index is 13.0. The minimum Gasteiger partial charge on any atom is -0.325 e. The molecule has 0 bridgehead atoms. The minimum absolute atomic E-state index is 0.165. The van der Waals surface area contributed by atoms with Crippen LogP contribution in [0.3, 0.4) is 0 Å². The average molecular weight is 410 g/mol. The van der Waals surface area contributed by atoms with Crippen LogP contribution in [0.2, 0.25) is 0 Å². The largest absolute Gasteiger partial charge is 0.325 e. The van der Waals surface area contributed by atoms with Gasteiger partial charge in [0.15, 0.2) is 0 Å². The predicted octanol–water partition coefficient (Wildman–Crippen LogP) is 5.62. The Hall–Kier alpha value is -2.77. The summed E-state index contributed by atoms with van der Waals surface area (Å²) in [4.78, 5) is 23.3. The number of halogens is 1. The van der Waals surface area contributed by atoms with Crippen molar-refractivity contribution in [2.75, 3.05) is 5.32 Å². The third kappa shape index (κ3) is 4.05. The molecule has 140 valence electrons. The first-order chi connectivity index (χ1) is 13.6. The second-order valence-corrected chi connectivity index (χ2v) is 8.49. The van der Waals surface area contributed by atoms with Crippen molar-refractivity contribution in [1.82, 2.24) is 9.97 Å². The number of rotatable bonds is 5. The number of carbonyl (C=O) groups excluding carboxylic acids is 1. The maximum Gasteiger partial charge on any atom is 0.237 e. The number of nitrogens with one attached hydrogen (secondary N) is 1. The zero-order valence-corrected chi connectivity index (χ0v) is 16.6. The van der Waals surface area contributed by atoms with Crippen LogP contribution in [0, 0.1) is 5.82 Å². The highest BCUT2D eigenvalue weighted by Gasteiger charge is 2.18. The molecule has 1 N–H and O–H groups in total. The molecule has 0 aliphatic rings. The Morgan fingerprint density at radius 3 is 2.61 bits per heavy atom. The molecule has 4 nitrogen and oxygen atoms in total. The molecule has 0 aliphatic carbocycles. The molecule has 28 heavy (non-hydrogen) atoms. The lowest BCUT2D eigenvalue weighted by atomic mass is 10.2. The van der Waals surface area contributed by atoms with Crippen molar-refractivity contribution in [3.8, 4) is 10.4 Å². The average Bonchev–Trinajstić information content (AvgIpc) is 3.16. The van der Waals surface area contributed by atoms with Gasteiger partial charge in [-0.25, -0.2) is 14.4 Å². The quantitative estimate of drug-likeness (QED) is 0.343. The van der Waals surface area contributed by atoms with E-state index in [0.717, 1.165) is 25.7 Å². The van der Waals surface area contributed by atoms with Gasteiger partial charge in [0.05, 0.1) is 5.25 Å². The number of carbonyl (C=O) groups is 1. The lowest BCUT2D eigenvalue weighted by Crippen LogP contribution is -2.22. The first-order valence-corrected chi connectivity index (χ1v) is 10.3. The number of thiophene rings is 1. The fourth-order valence-corrected chi connectivity index (χ4v) is 4.63. The number of hydrogen-bond acceptors (Lipinski definition) is 5. The van der Waals surface area contributed by atoms with Crippen LogP contribution in [0.1, 0.15) is 6.92 Å². The van der Waals surface area contributed by atoms with Crippen molar-refractivity contribution in [3.05, 3.63) is 72.8 Å². The van der Waals surface area contributed by atoms with Gasteiger partial charge in [0, 0.05) is 16.0 Å². The van der Waals surface area contributed by atoms with Crippen LogP contribution >= 0.6 is 23.1 Å². The molecule has 0 aliphatic heterocycles. The molecule has 2 aromatic heterocycles. The van der Waals surface area contributed by atoms with Crippen LogP contribution < -0.4 is 5.32 Å². The molecule has 1 unspecified atom stereocenters. The Balaban J connectivity index is 1.54. The number of anilines is 1. The second-order valence-electron chi connectivity index (χ2n) is 6.13. The molecule has 2 heterocycles. The monoisotopic (exact) mass is 409 g/mol. The van der Waals surface area contributed by atoms with Crippen molar-refractivity contribution >= 4 is 44.9 Å². The van der Waals surface area contributed by atoms with Crippen LogP contribution in [0.15, 0.2) is 72.0 Å². The molecule has 7 heteroatoms. The molecule has 0 saturated carbocycles. The van der Waals surface area contributed by atoms with Crippen LogP contribution in [0.25, 0.3) is 20.7 Å². The summed E-state index contributed by atoms with van der Waals surface area (Å²) in [5, 5.41) is 4.14. The van der Waals surface area contributed by atoms with Crippen molar-refractivity contribution < 1.29 is 9.18 Å². The van der Waals surface area contributed by atoms with Gasteiger partial charge in [-0.3, -0.25) is 4.79 Å². The molecule has 0 spiro atoms. The second kappa shape index (κ2) is 8.08. The Bertz CT molecular complexity index is 1110. The molecular formula is C21H16FN3OS2. The van der Waals surface area contributed by atoms with Crippen molar-refractivity contribution in [3.63, 3.8) is 0 Å². The van der Waals surface area contributed by atoms with E-state index in [0.29, 0.717) is 5.69 Å². The Kier molecular flexibility index (Phi) is 5.36. The van der Waals surface area contributed by atoms with E-state index in [9.17, 15) is 9.18 Å². The molecule has 0 radical (unpaired) electrons. The normalized spacial score (nSPS) is 12.1. The number of aromatic nitrogens is 2. The Labute approximate surface area is 169 Å². The summed E-state index contributed by atoms with van der Waals surface area (Å²) in [5.74, 6) is -0.502. The number of benzene rings is 2. The van der Waals surface area contributed by atoms with Gasteiger partial charge in [-0.1, -0.05) is 42.1 Å². The fourth-order valence-electron chi connectivity index (χ4n) is 2.67. The third-order valence-corrected chi connectivity index (χ3v) is 6.33. The standard InChI is InChI=1S/C21H16FN3OS2/c1-13(19(26)25-16-9-7-15(22)8-10-16)27-20-17-11-18(14-5-3-2-4-6-14)28-21(17)24-12-23-20/h2-13H,1H3,(H,25,26). The molecular weight excluding hydrogens is 393 g/mol. The van der Waals surface area contributed by atoms with E-state index >= 15 is 0 Å². The smallest absolute Gasteiger partial charge is 0.237 e. The number of thioether (sulfide) groups is 1. The molecule has 4 aromatic rings.